The molecule has 0 aliphatic carbocycles. The van der Waals surface area contributed by atoms with Crippen LogP contribution in [0.5, 0.6) is 0 Å². The third-order valence-electron chi connectivity index (χ3n) is 4.28. The van der Waals surface area contributed by atoms with Crippen molar-refractivity contribution in [3.63, 3.8) is 0 Å². The smallest absolute Gasteiger partial charge is 0.212 e. The number of aromatic nitrogens is 4. The molecule has 0 radical (unpaired) electrons. The molecule has 0 saturated carbocycles. The summed E-state index contributed by atoms with van der Waals surface area (Å²) in [5.41, 5.74) is 9.51. The van der Waals surface area contributed by atoms with Crippen LogP contribution in [0.1, 0.15) is 20.1 Å². The normalized spacial score (nSPS) is 29.3. The van der Waals surface area contributed by atoms with Crippen LogP contribution in [0.3, 0.4) is 0 Å². The predicted molar refractivity (Wildman–Crippen MR) is 86.8 cm³/mol. The Balaban J connectivity index is 1.73. The Kier molecular flexibility index (Phi) is 3.96. The fraction of sp³-hybridized carbons (Fsp3) is 0.571. The van der Waals surface area contributed by atoms with Crippen molar-refractivity contribution < 1.29 is 19.0 Å². The largest absolute Gasteiger partial charge is 0.349 e. The van der Waals surface area contributed by atoms with E-state index in [1.165, 1.54) is 6.33 Å². The molecule has 2 aliphatic rings. The first-order chi connectivity index (χ1) is 12.5. The quantitative estimate of drug-likeness (QED) is 0.363. The van der Waals surface area contributed by atoms with E-state index in [-0.39, 0.29) is 6.54 Å². The van der Waals surface area contributed by atoms with Gasteiger partial charge in [0.25, 0.3) is 0 Å². The van der Waals surface area contributed by atoms with Gasteiger partial charge in [0.05, 0.1) is 19.0 Å². The van der Waals surface area contributed by atoms with Crippen LogP contribution in [0.25, 0.3) is 21.6 Å². The molecule has 12 nitrogen and oxygen atoms in total. The molecule has 2 fully saturated rings. The average Bonchev–Trinajstić information content (AvgIpc) is 3.25. The van der Waals surface area contributed by atoms with Gasteiger partial charge < -0.3 is 19.5 Å². The summed E-state index contributed by atoms with van der Waals surface area (Å²) in [7, 11) is 0. The molecule has 1 N–H and O–H groups in total. The molecule has 4 heterocycles. The number of rotatable bonds is 5. The van der Waals surface area contributed by atoms with Crippen molar-refractivity contribution in [3.05, 3.63) is 23.1 Å². The Hall–Kier alpha value is -2.79. The van der Waals surface area contributed by atoms with Crippen LogP contribution in [0.15, 0.2) is 17.8 Å². The maximum absolute atomic E-state index is 10.7. The minimum Gasteiger partial charge on any atom is -0.349 e. The number of carbonyl (C=O) groups is 1. The first-order valence-corrected chi connectivity index (χ1v) is 7.94. The van der Waals surface area contributed by atoms with Gasteiger partial charge in [0.1, 0.15) is 18.5 Å². The number of hydrogen-bond donors (Lipinski definition) is 1. The van der Waals surface area contributed by atoms with Gasteiger partial charge in [-0.3, -0.25) is 9.36 Å². The number of nitrogens with zero attached hydrogens (tertiary/aromatic N) is 7. The summed E-state index contributed by atoms with van der Waals surface area (Å²) in [6.07, 6.45) is 1.52. The summed E-state index contributed by atoms with van der Waals surface area (Å²) in [5, 5.41) is 6.09. The molecule has 26 heavy (non-hydrogen) atoms. The number of amides is 1. The van der Waals surface area contributed by atoms with Gasteiger partial charge in [-0.25, -0.2) is 15.0 Å². The standard InChI is InChI=1S/C14H16N8O4/c1-14(2)25-9-7(3-20-21-15)24-13(10(9)26-14)22-5-18-8-11(19-6-23)16-4-17-12(8)22/h4-7,9-10,13H,3H2,1-2H3,(H,16,17,19,23)/t7-,9-,10-,13-/m1/s1. The molecule has 4 atom stereocenters. The molecule has 2 saturated heterocycles. The van der Waals surface area contributed by atoms with Crippen molar-refractivity contribution in [3.8, 4) is 0 Å². The van der Waals surface area contributed by atoms with Crippen LogP contribution in [-0.4, -0.2) is 56.6 Å². The van der Waals surface area contributed by atoms with E-state index in [4.69, 9.17) is 19.7 Å². The summed E-state index contributed by atoms with van der Waals surface area (Å²) in [5.74, 6) is -0.491. The Morgan fingerprint density at radius 2 is 2.19 bits per heavy atom. The molecule has 0 bridgehead atoms. The van der Waals surface area contributed by atoms with E-state index < -0.39 is 30.3 Å². The van der Waals surface area contributed by atoms with Crippen molar-refractivity contribution in [1.82, 2.24) is 19.5 Å². The van der Waals surface area contributed by atoms with Gasteiger partial charge in [-0.2, -0.15) is 0 Å². The lowest BCUT2D eigenvalue weighted by Gasteiger charge is -2.24. The lowest BCUT2D eigenvalue weighted by molar-refractivity contribution is -0.195. The molecular formula is C14H16N8O4. The summed E-state index contributed by atoms with van der Waals surface area (Å²) < 4.78 is 19.7. The van der Waals surface area contributed by atoms with Gasteiger partial charge in [0, 0.05) is 4.91 Å². The number of fused-ring (bicyclic) bond motifs is 2. The van der Waals surface area contributed by atoms with Gasteiger partial charge in [-0.1, -0.05) is 5.11 Å². The highest BCUT2D eigenvalue weighted by Crippen LogP contribution is 2.43. The predicted octanol–water partition coefficient (Wildman–Crippen LogP) is 1.12. The third kappa shape index (κ3) is 2.65. The van der Waals surface area contributed by atoms with Crippen LogP contribution in [0.2, 0.25) is 0 Å². The average molecular weight is 360 g/mol. The van der Waals surface area contributed by atoms with E-state index >= 15 is 0 Å². The van der Waals surface area contributed by atoms with Crippen LogP contribution in [-0.2, 0) is 19.0 Å². The highest BCUT2D eigenvalue weighted by atomic mass is 16.8. The number of azide groups is 1. The summed E-state index contributed by atoms with van der Waals surface area (Å²) in [6, 6.07) is 0. The van der Waals surface area contributed by atoms with Crippen LogP contribution in [0.4, 0.5) is 5.82 Å². The summed E-state index contributed by atoms with van der Waals surface area (Å²) >= 11 is 0. The number of ether oxygens (including phenoxy) is 3. The lowest BCUT2D eigenvalue weighted by atomic mass is 10.1. The fourth-order valence-electron chi connectivity index (χ4n) is 3.35. The fourth-order valence-corrected chi connectivity index (χ4v) is 3.35. The topological polar surface area (TPSA) is 149 Å². The molecule has 0 spiro atoms. The first-order valence-electron chi connectivity index (χ1n) is 7.94. The highest BCUT2D eigenvalue weighted by molar-refractivity contribution is 5.88. The molecule has 4 rings (SSSR count). The Labute approximate surface area is 147 Å². The van der Waals surface area contributed by atoms with E-state index in [2.05, 4.69) is 30.3 Å². The first kappa shape index (κ1) is 16.7. The highest BCUT2D eigenvalue weighted by Gasteiger charge is 2.55. The number of carbonyl (C=O) groups excluding carboxylic acids is 1. The molecule has 1 amide bonds. The minimum absolute atomic E-state index is 0.118. The zero-order valence-corrected chi connectivity index (χ0v) is 14.0. The Morgan fingerprint density at radius 3 is 2.96 bits per heavy atom. The monoisotopic (exact) mass is 360 g/mol. The number of nitrogens with one attached hydrogen (secondary N) is 1. The van der Waals surface area contributed by atoms with Crippen molar-refractivity contribution in [2.24, 2.45) is 5.11 Å². The zero-order valence-electron chi connectivity index (χ0n) is 14.0. The SMILES string of the molecule is CC1(C)O[C@@H]2[C@H](O1)[C@@H](CN=[N+]=[N-])O[C@H]2n1cnc2c(NC=O)ncnc21. The molecule has 136 valence electrons. The zero-order chi connectivity index (χ0) is 18.3. The molecule has 2 aliphatic heterocycles. The minimum atomic E-state index is -0.790. The third-order valence-corrected chi connectivity index (χ3v) is 4.28. The van der Waals surface area contributed by atoms with Gasteiger partial charge in [-0.15, -0.1) is 0 Å². The van der Waals surface area contributed by atoms with E-state index in [1.54, 1.807) is 10.9 Å². The maximum Gasteiger partial charge on any atom is 0.212 e. The second-order valence-corrected chi connectivity index (χ2v) is 6.35. The van der Waals surface area contributed by atoms with E-state index in [9.17, 15) is 4.79 Å². The second-order valence-electron chi connectivity index (χ2n) is 6.35. The number of anilines is 1. The lowest BCUT2D eigenvalue weighted by Crippen LogP contribution is -2.31. The molecule has 0 unspecified atom stereocenters. The van der Waals surface area contributed by atoms with E-state index in [1.807, 2.05) is 13.8 Å². The van der Waals surface area contributed by atoms with Crippen LogP contribution < -0.4 is 5.32 Å². The molecular weight excluding hydrogens is 344 g/mol. The summed E-state index contributed by atoms with van der Waals surface area (Å²) in [4.78, 5) is 26.0. The van der Waals surface area contributed by atoms with Crippen LogP contribution in [0, 0.1) is 0 Å². The van der Waals surface area contributed by atoms with Crippen LogP contribution >= 0.6 is 0 Å². The molecule has 2 aromatic heterocycles. The van der Waals surface area contributed by atoms with Crippen molar-refractivity contribution in [1.29, 1.82) is 0 Å². The van der Waals surface area contributed by atoms with Gasteiger partial charge in [-0.05, 0) is 19.4 Å². The number of hydrogen-bond acceptors (Lipinski definition) is 8. The van der Waals surface area contributed by atoms with Crippen molar-refractivity contribution >= 4 is 23.4 Å². The summed E-state index contributed by atoms with van der Waals surface area (Å²) in [6.45, 7) is 3.74. The maximum atomic E-state index is 10.7. The van der Waals surface area contributed by atoms with E-state index in [0.29, 0.717) is 23.4 Å². The Morgan fingerprint density at radius 1 is 1.38 bits per heavy atom. The second kappa shape index (κ2) is 6.18. The molecule has 0 aromatic carbocycles. The van der Waals surface area contributed by atoms with Gasteiger partial charge in [0.15, 0.2) is 29.0 Å². The van der Waals surface area contributed by atoms with Crippen molar-refractivity contribution in [2.45, 2.75) is 44.2 Å². The van der Waals surface area contributed by atoms with Gasteiger partial charge >= 0.3 is 0 Å². The molecule has 2 aromatic rings. The number of imidazole rings is 1. The van der Waals surface area contributed by atoms with Gasteiger partial charge in [0.2, 0.25) is 6.41 Å². The van der Waals surface area contributed by atoms with Crippen molar-refractivity contribution in [2.75, 3.05) is 11.9 Å². The Bertz CT molecular complexity index is 892. The molecule has 12 heteroatoms. The van der Waals surface area contributed by atoms with E-state index in [0.717, 1.165) is 0 Å².